The van der Waals surface area contributed by atoms with E-state index in [1.54, 1.807) is 42.5 Å². The number of nitrogens with zero attached hydrogens (tertiary/aromatic N) is 1. The van der Waals surface area contributed by atoms with Crippen molar-refractivity contribution >= 4 is 34.8 Å². The van der Waals surface area contributed by atoms with Crippen LogP contribution in [0.1, 0.15) is 6.42 Å². The molecule has 5 nitrogen and oxygen atoms in total. The zero-order valence-electron chi connectivity index (χ0n) is 12.1. The molecular formula is C17H14ClN3O2. The SMILES string of the molecule is O=C(Nc1cccc(Cl)c1)C1=CCC(=O)N(c2ccccc2)N1. The van der Waals surface area contributed by atoms with Gasteiger partial charge in [0.15, 0.2) is 0 Å². The van der Waals surface area contributed by atoms with Gasteiger partial charge < -0.3 is 5.32 Å². The molecule has 0 fully saturated rings. The fraction of sp³-hybridized carbons (Fsp3) is 0.0588. The summed E-state index contributed by atoms with van der Waals surface area (Å²) in [6.07, 6.45) is 1.72. The van der Waals surface area contributed by atoms with E-state index in [0.717, 1.165) is 0 Å². The molecule has 0 unspecified atom stereocenters. The van der Waals surface area contributed by atoms with Gasteiger partial charge in [-0.3, -0.25) is 15.0 Å². The average Bonchev–Trinajstić information content (AvgIpc) is 2.56. The van der Waals surface area contributed by atoms with E-state index < -0.39 is 0 Å². The number of para-hydroxylation sites is 1. The Morgan fingerprint density at radius 1 is 1.13 bits per heavy atom. The molecule has 0 bridgehead atoms. The second-order valence-electron chi connectivity index (χ2n) is 4.96. The first-order valence-electron chi connectivity index (χ1n) is 7.05. The zero-order valence-corrected chi connectivity index (χ0v) is 12.9. The lowest BCUT2D eigenvalue weighted by Gasteiger charge is -2.28. The second-order valence-corrected chi connectivity index (χ2v) is 5.40. The molecule has 1 aliphatic heterocycles. The van der Waals surface area contributed by atoms with Gasteiger partial charge in [0.05, 0.1) is 5.69 Å². The topological polar surface area (TPSA) is 61.4 Å². The van der Waals surface area contributed by atoms with Gasteiger partial charge in [-0.2, -0.15) is 0 Å². The van der Waals surface area contributed by atoms with Crippen LogP contribution in [0.25, 0.3) is 0 Å². The summed E-state index contributed by atoms with van der Waals surface area (Å²) in [6, 6.07) is 16.0. The van der Waals surface area contributed by atoms with Gasteiger partial charge in [-0.1, -0.05) is 35.9 Å². The highest BCUT2D eigenvalue weighted by Crippen LogP contribution is 2.19. The number of hydrazine groups is 1. The van der Waals surface area contributed by atoms with E-state index in [9.17, 15) is 9.59 Å². The number of hydrogen-bond donors (Lipinski definition) is 2. The molecule has 0 aromatic heterocycles. The Bertz CT molecular complexity index is 774. The minimum atomic E-state index is -0.333. The van der Waals surface area contributed by atoms with E-state index in [-0.39, 0.29) is 18.2 Å². The van der Waals surface area contributed by atoms with Gasteiger partial charge in [0.1, 0.15) is 5.70 Å². The van der Waals surface area contributed by atoms with Crippen LogP contribution in [0, 0.1) is 0 Å². The van der Waals surface area contributed by atoms with Crippen LogP contribution in [-0.4, -0.2) is 11.8 Å². The summed E-state index contributed by atoms with van der Waals surface area (Å²) >= 11 is 5.90. The maximum Gasteiger partial charge on any atom is 0.273 e. The summed E-state index contributed by atoms with van der Waals surface area (Å²) < 4.78 is 0. The second kappa shape index (κ2) is 6.54. The number of carbonyl (C=O) groups is 2. The van der Waals surface area contributed by atoms with Crippen molar-refractivity contribution in [1.82, 2.24) is 5.43 Å². The average molecular weight is 328 g/mol. The lowest BCUT2D eigenvalue weighted by atomic mass is 10.2. The maximum atomic E-state index is 12.3. The summed E-state index contributed by atoms with van der Waals surface area (Å²) in [7, 11) is 0. The molecule has 1 aliphatic rings. The van der Waals surface area contributed by atoms with Gasteiger partial charge in [-0.15, -0.1) is 0 Å². The van der Waals surface area contributed by atoms with Crippen molar-refractivity contribution in [2.45, 2.75) is 6.42 Å². The minimum absolute atomic E-state index is 0.129. The van der Waals surface area contributed by atoms with Crippen LogP contribution >= 0.6 is 11.6 Å². The number of amides is 2. The van der Waals surface area contributed by atoms with E-state index >= 15 is 0 Å². The molecule has 3 rings (SSSR count). The molecule has 0 saturated heterocycles. The summed E-state index contributed by atoms with van der Waals surface area (Å²) in [5.74, 6) is -0.462. The molecule has 1 heterocycles. The third kappa shape index (κ3) is 3.52. The van der Waals surface area contributed by atoms with Crippen molar-refractivity contribution in [1.29, 1.82) is 0 Å². The number of anilines is 2. The fourth-order valence-electron chi connectivity index (χ4n) is 2.20. The number of hydrogen-bond acceptors (Lipinski definition) is 3. The van der Waals surface area contributed by atoms with Crippen LogP contribution in [0.3, 0.4) is 0 Å². The minimum Gasteiger partial charge on any atom is -0.321 e. The number of halogens is 1. The molecule has 6 heteroatoms. The van der Waals surface area contributed by atoms with Gasteiger partial charge >= 0.3 is 0 Å². The van der Waals surface area contributed by atoms with Crippen LogP contribution in [0.15, 0.2) is 66.4 Å². The highest BCUT2D eigenvalue weighted by molar-refractivity contribution is 6.31. The molecule has 2 amide bonds. The van der Waals surface area contributed by atoms with E-state index in [2.05, 4.69) is 10.7 Å². The van der Waals surface area contributed by atoms with Crippen LogP contribution in [0.5, 0.6) is 0 Å². The van der Waals surface area contributed by atoms with Gasteiger partial charge in [0.2, 0.25) is 5.91 Å². The molecule has 0 radical (unpaired) electrons. The van der Waals surface area contributed by atoms with Gasteiger partial charge in [-0.05, 0) is 36.4 Å². The first kappa shape index (κ1) is 15.1. The first-order valence-corrected chi connectivity index (χ1v) is 7.43. The molecule has 0 atom stereocenters. The number of carbonyl (C=O) groups excluding carboxylic acids is 2. The number of rotatable bonds is 3. The van der Waals surface area contributed by atoms with E-state index in [0.29, 0.717) is 22.1 Å². The Morgan fingerprint density at radius 2 is 1.91 bits per heavy atom. The summed E-state index contributed by atoms with van der Waals surface area (Å²) in [4.78, 5) is 24.4. The summed E-state index contributed by atoms with van der Waals surface area (Å²) in [5, 5.41) is 4.65. The predicted octanol–water partition coefficient (Wildman–Crippen LogP) is 3.10. The van der Waals surface area contributed by atoms with Crippen molar-refractivity contribution in [2.24, 2.45) is 0 Å². The smallest absolute Gasteiger partial charge is 0.273 e. The van der Waals surface area contributed by atoms with Crippen molar-refractivity contribution < 1.29 is 9.59 Å². The Kier molecular flexibility index (Phi) is 4.30. The van der Waals surface area contributed by atoms with Gasteiger partial charge in [0.25, 0.3) is 5.91 Å². The normalized spacial score (nSPS) is 14.0. The molecule has 2 aromatic rings. The Morgan fingerprint density at radius 3 is 2.65 bits per heavy atom. The summed E-state index contributed by atoms with van der Waals surface area (Å²) in [6.45, 7) is 0. The zero-order chi connectivity index (χ0) is 16.2. The quantitative estimate of drug-likeness (QED) is 0.910. The lowest BCUT2D eigenvalue weighted by molar-refractivity contribution is -0.119. The standard InChI is InChI=1S/C17H14ClN3O2/c18-12-5-4-6-13(11-12)19-17(23)15-9-10-16(22)21(20-15)14-7-2-1-3-8-14/h1-9,11,20H,10H2,(H,19,23). The van der Waals surface area contributed by atoms with E-state index in [1.165, 1.54) is 5.01 Å². The molecule has 0 spiro atoms. The van der Waals surface area contributed by atoms with E-state index in [1.807, 2.05) is 18.2 Å². The van der Waals surface area contributed by atoms with Crippen molar-refractivity contribution in [3.05, 3.63) is 71.4 Å². The maximum absolute atomic E-state index is 12.3. The number of benzene rings is 2. The third-order valence-electron chi connectivity index (χ3n) is 3.30. The Labute approximate surface area is 138 Å². The molecule has 116 valence electrons. The number of nitrogens with one attached hydrogen (secondary N) is 2. The molecule has 23 heavy (non-hydrogen) atoms. The van der Waals surface area contributed by atoms with Crippen LogP contribution < -0.4 is 15.8 Å². The van der Waals surface area contributed by atoms with Gasteiger partial charge in [-0.25, -0.2) is 5.01 Å². The van der Waals surface area contributed by atoms with Crippen LogP contribution in [-0.2, 0) is 9.59 Å². The Hall–Kier alpha value is -2.79. The monoisotopic (exact) mass is 327 g/mol. The van der Waals surface area contributed by atoms with Crippen LogP contribution in [0.2, 0.25) is 5.02 Å². The lowest BCUT2D eigenvalue weighted by Crippen LogP contribution is -2.47. The molecule has 2 aromatic carbocycles. The van der Waals surface area contributed by atoms with Crippen molar-refractivity contribution in [2.75, 3.05) is 10.3 Å². The highest BCUT2D eigenvalue weighted by Gasteiger charge is 2.23. The molecule has 0 aliphatic carbocycles. The van der Waals surface area contributed by atoms with Crippen molar-refractivity contribution in [3.8, 4) is 0 Å². The summed E-state index contributed by atoms with van der Waals surface area (Å²) in [5.41, 5.74) is 4.44. The molecule has 0 saturated carbocycles. The first-order chi connectivity index (χ1) is 11.1. The van der Waals surface area contributed by atoms with Crippen LogP contribution in [0.4, 0.5) is 11.4 Å². The van der Waals surface area contributed by atoms with Crippen molar-refractivity contribution in [3.63, 3.8) is 0 Å². The molecule has 2 N–H and O–H groups in total. The third-order valence-corrected chi connectivity index (χ3v) is 3.54. The fourth-order valence-corrected chi connectivity index (χ4v) is 2.39. The van der Waals surface area contributed by atoms with Gasteiger partial charge in [0, 0.05) is 17.1 Å². The molecular weight excluding hydrogens is 314 g/mol. The van der Waals surface area contributed by atoms with E-state index in [4.69, 9.17) is 11.6 Å². The largest absolute Gasteiger partial charge is 0.321 e. The Balaban J connectivity index is 1.75. The predicted molar refractivity (Wildman–Crippen MR) is 89.8 cm³/mol. The highest BCUT2D eigenvalue weighted by atomic mass is 35.5.